The lowest BCUT2D eigenvalue weighted by atomic mass is 10.2. The Bertz CT molecular complexity index is 1130. The third-order valence-electron chi connectivity index (χ3n) is 3.83. The number of nitrogens with zero attached hydrogens (tertiary/aromatic N) is 3. The SMILES string of the molecule is O=c1c2cc(Cl)ccc2nc(-c2cccnc2)n1-c1ccc(Br)cc1. The van der Waals surface area contributed by atoms with Gasteiger partial charge >= 0.3 is 0 Å². The van der Waals surface area contributed by atoms with Gasteiger partial charge < -0.3 is 0 Å². The second-order valence-electron chi connectivity index (χ2n) is 5.46. The Hall–Kier alpha value is -2.50. The summed E-state index contributed by atoms with van der Waals surface area (Å²) >= 11 is 9.49. The maximum Gasteiger partial charge on any atom is 0.266 e. The van der Waals surface area contributed by atoms with Crippen molar-refractivity contribution in [1.82, 2.24) is 14.5 Å². The van der Waals surface area contributed by atoms with E-state index < -0.39 is 0 Å². The molecule has 4 aromatic rings. The van der Waals surface area contributed by atoms with Gasteiger partial charge in [-0.05, 0) is 54.6 Å². The largest absolute Gasteiger partial charge is 0.268 e. The smallest absolute Gasteiger partial charge is 0.266 e. The van der Waals surface area contributed by atoms with Crippen LogP contribution in [0.5, 0.6) is 0 Å². The lowest BCUT2D eigenvalue weighted by Gasteiger charge is -2.14. The van der Waals surface area contributed by atoms with Crippen molar-refractivity contribution in [2.75, 3.05) is 0 Å². The number of benzene rings is 2. The first-order valence-corrected chi connectivity index (χ1v) is 8.69. The molecule has 2 aromatic carbocycles. The number of aromatic nitrogens is 3. The van der Waals surface area contributed by atoms with Crippen molar-refractivity contribution in [3.05, 3.63) is 86.8 Å². The highest BCUT2D eigenvalue weighted by atomic mass is 79.9. The molecule has 0 bridgehead atoms. The summed E-state index contributed by atoms with van der Waals surface area (Å²) in [7, 11) is 0. The summed E-state index contributed by atoms with van der Waals surface area (Å²) in [5.74, 6) is 0.537. The summed E-state index contributed by atoms with van der Waals surface area (Å²) < 4.78 is 2.52. The van der Waals surface area contributed by atoms with Crippen LogP contribution in [0.25, 0.3) is 28.0 Å². The number of hydrogen-bond acceptors (Lipinski definition) is 3. The van der Waals surface area contributed by atoms with E-state index in [1.807, 2.05) is 36.4 Å². The van der Waals surface area contributed by atoms with Crippen molar-refractivity contribution in [3.63, 3.8) is 0 Å². The zero-order valence-electron chi connectivity index (χ0n) is 12.9. The molecule has 2 aromatic heterocycles. The number of fused-ring (bicyclic) bond motifs is 1. The minimum absolute atomic E-state index is 0.173. The normalized spacial score (nSPS) is 11.0. The number of halogens is 2. The van der Waals surface area contributed by atoms with Crippen LogP contribution in [0, 0.1) is 0 Å². The molecule has 0 N–H and O–H groups in total. The van der Waals surface area contributed by atoms with Gasteiger partial charge in [-0.1, -0.05) is 27.5 Å². The first kappa shape index (κ1) is 16.0. The number of rotatable bonds is 2. The summed E-state index contributed by atoms with van der Waals surface area (Å²) in [6, 6.07) is 16.3. The Morgan fingerprint density at radius 2 is 1.84 bits per heavy atom. The molecule has 0 fully saturated rings. The van der Waals surface area contributed by atoms with Gasteiger partial charge in [0.05, 0.1) is 16.6 Å². The summed E-state index contributed by atoms with van der Waals surface area (Å²) in [6.07, 6.45) is 3.38. The van der Waals surface area contributed by atoms with Crippen LogP contribution in [0.4, 0.5) is 0 Å². The minimum atomic E-state index is -0.173. The third kappa shape index (κ3) is 2.97. The predicted octanol–water partition coefficient (Wildman–Crippen LogP) is 4.86. The molecule has 6 heteroatoms. The van der Waals surface area contributed by atoms with Crippen molar-refractivity contribution < 1.29 is 0 Å². The highest BCUT2D eigenvalue weighted by molar-refractivity contribution is 9.10. The van der Waals surface area contributed by atoms with Gasteiger partial charge in [0.25, 0.3) is 5.56 Å². The van der Waals surface area contributed by atoms with Gasteiger partial charge in [-0.15, -0.1) is 0 Å². The highest BCUT2D eigenvalue weighted by Gasteiger charge is 2.15. The lowest BCUT2D eigenvalue weighted by molar-refractivity contribution is 0.973. The van der Waals surface area contributed by atoms with Crippen molar-refractivity contribution in [2.45, 2.75) is 0 Å². The lowest BCUT2D eigenvalue weighted by Crippen LogP contribution is -2.22. The van der Waals surface area contributed by atoms with Crippen molar-refractivity contribution >= 4 is 38.4 Å². The molecule has 0 saturated heterocycles. The summed E-state index contributed by atoms with van der Waals surface area (Å²) in [6.45, 7) is 0. The minimum Gasteiger partial charge on any atom is -0.268 e. The Morgan fingerprint density at radius 1 is 1.04 bits per heavy atom. The van der Waals surface area contributed by atoms with E-state index >= 15 is 0 Å². The standard InChI is InChI=1S/C19H11BrClN3O/c20-13-3-6-15(7-4-13)24-18(12-2-1-9-22-11-12)23-17-8-5-14(21)10-16(17)19(24)25/h1-11H. The van der Waals surface area contributed by atoms with Gasteiger partial charge in [-0.3, -0.25) is 14.3 Å². The predicted molar refractivity (Wildman–Crippen MR) is 103 cm³/mol. The van der Waals surface area contributed by atoms with E-state index in [2.05, 4.69) is 20.9 Å². The van der Waals surface area contributed by atoms with Crippen molar-refractivity contribution in [1.29, 1.82) is 0 Å². The van der Waals surface area contributed by atoms with Crippen LogP contribution in [0.1, 0.15) is 0 Å². The van der Waals surface area contributed by atoms with E-state index in [1.54, 1.807) is 35.2 Å². The molecule has 122 valence electrons. The van der Waals surface area contributed by atoms with Crippen LogP contribution in [-0.2, 0) is 0 Å². The highest BCUT2D eigenvalue weighted by Crippen LogP contribution is 2.23. The molecule has 0 aliphatic rings. The van der Waals surface area contributed by atoms with E-state index in [0.717, 1.165) is 15.7 Å². The molecule has 25 heavy (non-hydrogen) atoms. The van der Waals surface area contributed by atoms with Crippen molar-refractivity contribution in [2.24, 2.45) is 0 Å². The zero-order valence-corrected chi connectivity index (χ0v) is 15.2. The molecule has 4 nitrogen and oxygen atoms in total. The van der Waals surface area contributed by atoms with E-state index in [-0.39, 0.29) is 5.56 Å². The molecule has 0 radical (unpaired) electrons. The molecular weight excluding hydrogens is 402 g/mol. The topological polar surface area (TPSA) is 47.8 Å². The molecule has 0 atom stereocenters. The molecular formula is C19H11BrClN3O. The third-order valence-corrected chi connectivity index (χ3v) is 4.60. The number of pyridine rings is 1. The van der Waals surface area contributed by atoms with Crippen LogP contribution in [0.3, 0.4) is 0 Å². The quantitative estimate of drug-likeness (QED) is 0.472. The Labute approximate surface area is 156 Å². The monoisotopic (exact) mass is 411 g/mol. The van der Waals surface area contributed by atoms with Gasteiger partial charge in [0.15, 0.2) is 0 Å². The van der Waals surface area contributed by atoms with E-state index in [0.29, 0.717) is 21.7 Å². The van der Waals surface area contributed by atoms with Crippen LogP contribution in [0.15, 0.2) is 76.3 Å². The maximum absolute atomic E-state index is 13.2. The fraction of sp³-hybridized carbons (Fsp3) is 0. The molecule has 0 unspecified atom stereocenters. The van der Waals surface area contributed by atoms with E-state index in [1.165, 1.54) is 0 Å². The molecule has 4 rings (SSSR count). The fourth-order valence-electron chi connectivity index (χ4n) is 2.68. The van der Waals surface area contributed by atoms with Gasteiger partial charge in [0.2, 0.25) is 0 Å². The second kappa shape index (κ2) is 6.43. The molecule has 0 spiro atoms. The molecule has 0 aliphatic carbocycles. The zero-order chi connectivity index (χ0) is 17.4. The van der Waals surface area contributed by atoms with Gasteiger partial charge in [0, 0.05) is 27.5 Å². The van der Waals surface area contributed by atoms with Crippen LogP contribution in [0.2, 0.25) is 5.02 Å². The fourth-order valence-corrected chi connectivity index (χ4v) is 3.11. The van der Waals surface area contributed by atoms with Crippen molar-refractivity contribution in [3.8, 4) is 17.1 Å². The summed E-state index contributed by atoms with van der Waals surface area (Å²) in [5.41, 5.74) is 1.91. The Balaban J connectivity index is 2.12. The summed E-state index contributed by atoms with van der Waals surface area (Å²) in [5, 5.41) is 0.978. The molecule has 2 heterocycles. The van der Waals surface area contributed by atoms with E-state index in [4.69, 9.17) is 16.6 Å². The van der Waals surface area contributed by atoms with Crippen LogP contribution < -0.4 is 5.56 Å². The van der Waals surface area contributed by atoms with Gasteiger partial charge in [0.1, 0.15) is 5.82 Å². The first-order chi connectivity index (χ1) is 12.1. The maximum atomic E-state index is 13.2. The van der Waals surface area contributed by atoms with Gasteiger partial charge in [-0.25, -0.2) is 4.98 Å². The first-order valence-electron chi connectivity index (χ1n) is 7.52. The Kier molecular flexibility index (Phi) is 4.11. The molecule has 0 saturated carbocycles. The van der Waals surface area contributed by atoms with Crippen LogP contribution >= 0.6 is 27.5 Å². The Morgan fingerprint density at radius 3 is 2.56 bits per heavy atom. The van der Waals surface area contributed by atoms with Crippen LogP contribution in [-0.4, -0.2) is 14.5 Å². The molecule has 0 aliphatic heterocycles. The second-order valence-corrected chi connectivity index (χ2v) is 6.81. The summed E-state index contributed by atoms with van der Waals surface area (Å²) in [4.78, 5) is 22.0. The number of hydrogen-bond donors (Lipinski definition) is 0. The van der Waals surface area contributed by atoms with E-state index in [9.17, 15) is 4.79 Å². The average molecular weight is 413 g/mol. The molecule has 0 amide bonds. The average Bonchev–Trinajstić information content (AvgIpc) is 2.64. The van der Waals surface area contributed by atoms with Gasteiger partial charge in [-0.2, -0.15) is 0 Å².